The Morgan fingerprint density at radius 1 is 1.44 bits per heavy atom. The zero-order valence-electron chi connectivity index (χ0n) is 9.96. The molecule has 0 saturated heterocycles. The molecule has 2 N–H and O–H groups in total. The van der Waals surface area contributed by atoms with E-state index in [9.17, 15) is 4.39 Å². The van der Waals surface area contributed by atoms with Gasteiger partial charge in [0.05, 0.1) is 7.11 Å². The predicted octanol–water partition coefficient (Wildman–Crippen LogP) is 2.53. The third-order valence-corrected chi connectivity index (χ3v) is 3.85. The van der Waals surface area contributed by atoms with Gasteiger partial charge in [-0.3, -0.25) is 0 Å². The van der Waals surface area contributed by atoms with Gasteiger partial charge in [0.25, 0.3) is 0 Å². The quantitative estimate of drug-likeness (QED) is 0.854. The average Bonchev–Trinajstić information content (AvgIpc) is 2.79. The van der Waals surface area contributed by atoms with Crippen molar-refractivity contribution >= 4 is 0 Å². The van der Waals surface area contributed by atoms with Crippen LogP contribution in [0.2, 0.25) is 0 Å². The van der Waals surface area contributed by atoms with Crippen LogP contribution >= 0.6 is 0 Å². The highest BCUT2D eigenvalue weighted by Crippen LogP contribution is 2.65. The molecule has 1 aliphatic carbocycles. The first-order valence-electron chi connectivity index (χ1n) is 5.56. The fourth-order valence-electron chi connectivity index (χ4n) is 2.75. The van der Waals surface area contributed by atoms with Gasteiger partial charge >= 0.3 is 0 Å². The van der Waals surface area contributed by atoms with Crippen LogP contribution in [-0.2, 0) is 0 Å². The Kier molecular flexibility index (Phi) is 2.66. The molecular weight excluding hydrogens is 205 g/mol. The summed E-state index contributed by atoms with van der Waals surface area (Å²) in [5.41, 5.74) is 6.47. The van der Waals surface area contributed by atoms with E-state index in [0.29, 0.717) is 23.8 Å². The maximum absolute atomic E-state index is 13.9. The monoisotopic (exact) mass is 223 g/mol. The minimum Gasteiger partial charge on any atom is -0.496 e. The van der Waals surface area contributed by atoms with Crippen LogP contribution < -0.4 is 10.5 Å². The van der Waals surface area contributed by atoms with Crippen LogP contribution in [0.1, 0.15) is 25.3 Å². The topological polar surface area (TPSA) is 35.2 Å². The van der Waals surface area contributed by atoms with Crippen molar-refractivity contribution in [2.45, 2.75) is 19.8 Å². The second-order valence-electron chi connectivity index (χ2n) is 5.00. The molecule has 2 nitrogen and oxygen atoms in total. The fourth-order valence-corrected chi connectivity index (χ4v) is 2.75. The van der Waals surface area contributed by atoms with E-state index in [-0.39, 0.29) is 17.2 Å². The van der Waals surface area contributed by atoms with Gasteiger partial charge in [-0.25, -0.2) is 4.39 Å². The second-order valence-corrected chi connectivity index (χ2v) is 5.00. The first kappa shape index (κ1) is 11.4. The lowest BCUT2D eigenvalue weighted by Crippen LogP contribution is -2.05. The Morgan fingerprint density at radius 2 is 2.12 bits per heavy atom. The molecule has 1 aliphatic rings. The van der Waals surface area contributed by atoms with Gasteiger partial charge in [0.15, 0.2) is 0 Å². The molecule has 0 unspecified atom stereocenters. The van der Waals surface area contributed by atoms with Gasteiger partial charge in [-0.05, 0) is 30.0 Å². The number of hydrogen-bond acceptors (Lipinski definition) is 2. The SMILES string of the molecule is COc1cccc(F)c1[C@@H]1[C@@H](CN)C1(C)C. The van der Waals surface area contributed by atoms with E-state index in [0.717, 1.165) is 0 Å². The number of ether oxygens (including phenoxy) is 1. The summed E-state index contributed by atoms with van der Waals surface area (Å²) >= 11 is 0. The van der Waals surface area contributed by atoms with Crippen molar-refractivity contribution in [2.75, 3.05) is 13.7 Å². The van der Waals surface area contributed by atoms with Gasteiger partial charge in [-0.1, -0.05) is 19.9 Å². The van der Waals surface area contributed by atoms with Gasteiger partial charge in [-0.15, -0.1) is 0 Å². The van der Waals surface area contributed by atoms with Gasteiger partial charge in [0.2, 0.25) is 0 Å². The standard InChI is InChI=1S/C13H18FNO/c1-13(2)8(7-15)12(13)11-9(14)5-4-6-10(11)16-3/h4-6,8,12H,7,15H2,1-3H3/t8-,12+/m1/s1. The van der Waals surface area contributed by atoms with Gasteiger partial charge in [0, 0.05) is 11.5 Å². The zero-order valence-corrected chi connectivity index (χ0v) is 9.96. The lowest BCUT2D eigenvalue weighted by atomic mass is 10.0. The predicted molar refractivity (Wildman–Crippen MR) is 62.0 cm³/mol. The number of methoxy groups -OCH3 is 1. The molecule has 1 aromatic rings. The number of benzene rings is 1. The van der Waals surface area contributed by atoms with Crippen LogP contribution in [-0.4, -0.2) is 13.7 Å². The lowest BCUT2D eigenvalue weighted by molar-refractivity contribution is 0.402. The molecule has 0 aliphatic heterocycles. The van der Waals surface area contributed by atoms with E-state index in [4.69, 9.17) is 10.5 Å². The molecule has 0 radical (unpaired) electrons. The highest BCUT2D eigenvalue weighted by atomic mass is 19.1. The molecule has 0 spiro atoms. The van der Waals surface area contributed by atoms with Crippen LogP contribution in [0, 0.1) is 17.2 Å². The molecular formula is C13H18FNO. The number of halogens is 1. The normalized spacial score (nSPS) is 26.6. The Hall–Kier alpha value is -1.09. The van der Waals surface area contributed by atoms with Crippen molar-refractivity contribution in [1.29, 1.82) is 0 Å². The fraction of sp³-hybridized carbons (Fsp3) is 0.538. The molecule has 3 heteroatoms. The maximum atomic E-state index is 13.9. The van der Waals surface area contributed by atoms with Gasteiger partial charge < -0.3 is 10.5 Å². The lowest BCUT2D eigenvalue weighted by Gasteiger charge is -2.10. The molecule has 1 saturated carbocycles. The average molecular weight is 223 g/mol. The van der Waals surface area contributed by atoms with Crippen molar-refractivity contribution in [2.24, 2.45) is 17.1 Å². The van der Waals surface area contributed by atoms with Crippen LogP contribution in [0.25, 0.3) is 0 Å². The van der Waals surface area contributed by atoms with Crippen LogP contribution in [0.5, 0.6) is 5.75 Å². The summed E-state index contributed by atoms with van der Waals surface area (Å²) in [6.07, 6.45) is 0. The summed E-state index contributed by atoms with van der Waals surface area (Å²) in [7, 11) is 1.57. The first-order valence-corrected chi connectivity index (χ1v) is 5.56. The van der Waals surface area contributed by atoms with E-state index >= 15 is 0 Å². The minimum atomic E-state index is -0.187. The third kappa shape index (κ3) is 1.50. The van der Waals surface area contributed by atoms with E-state index in [1.54, 1.807) is 19.2 Å². The molecule has 1 aromatic carbocycles. The van der Waals surface area contributed by atoms with Crippen LogP contribution in [0.3, 0.4) is 0 Å². The molecule has 0 bridgehead atoms. The van der Waals surface area contributed by atoms with Gasteiger partial charge in [0.1, 0.15) is 11.6 Å². The van der Waals surface area contributed by atoms with Crippen molar-refractivity contribution < 1.29 is 9.13 Å². The van der Waals surface area contributed by atoms with Crippen LogP contribution in [0.15, 0.2) is 18.2 Å². The summed E-state index contributed by atoms with van der Waals surface area (Å²) in [5.74, 6) is 0.967. The Bertz CT molecular complexity index is 403. The number of hydrogen-bond donors (Lipinski definition) is 1. The smallest absolute Gasteiger partial charge is 0.130 e. The molecule has 2 rings (SSSR count). The molecule has 16 heavy (non-hydrogen) atoms. The maximum Gasteiger partial charge on any atom is 0.130 e. The summed E-state index contributed by atoms with van der Waals surface area (Å²) in [4.78, 5) is 0. The number of nitrogens with two attached hydrogens (primary N) is 1. The third-order valence-electron chi connectivity index (χ3n) is 3.85. The van der Waals surface area contributed by atoms with Crippen molar-refractivity contribution in [3.63, 3.8) is 0 Å². The highest BCUT2D eigenvalue weighted by molar-refractivity contribution is 5.43. The highest BCUT2D eigenvalue weighted by Gasteiger charge is 2.59. The summed E-state index contributed by atoms with van der Waals surface area (Å²) < 4.78 is 19.1. The molecule has 88 valence electrons. The van der Waals surface area contributed by atoms with E-state index in [1.807, 2.05) is 0 Å². The Labute approximate surface area is 95.6 Å². The van der Waals surface area contributed by atoms with Crippen LogP contribution in [0.4, 0.5) is 4.39 Å². The minimum absolute atomic E-state index is 0.0736. The summed E-state index contributed by atoms with van der Waals surface area (Å²) in [6, 6.07) is 4.96. The molecule has 0 heterocycles. The van der Waals surface area contributed by atoms with Crippen molar-refractivity contribution in [3.8, 4) is 5.75 Å². The van der Waals surface area contributed by atoms with E-state index in [2.05, 4.69) is 13.8 Å². The molecule has 0 aromatic heterocycles. The van der Waals surface area contributed by atoms with Gasteiger partial charge in [-0.2, -0.15) is 0 Å². The van der Waals surface area contributed by atoms with Crippen molar-refractivity contribution in [3.05, 3.63) is 29.6 Å². The Balaban J connectivity index is 2.42. The zero-order chi connectivity index (χ0) is 11.9. The number of rotatable bonds is 3. The second kappa shape index (κ2) is 3.74. The molecule has 1 fully saturated rings. The van der Waals surface area contributed by atoms with E-state index < -0.39 is 0 Å². The van der Waals surface area contributed by atoms with Crippen molar-refractivity contribution in [1.82, 2.24) is 0 Å². The van der Waals surface area contributed by atoms with E-state index in [1.165, 1.54) is 6.07 Å². The Morgan fingerprint density at radius 3 is 2.62 bits per heavy atom. The molecule has 2 atom stereocenters. The molecule has 0 amide bonds. The first-order chi connectivity index (χ1) is 7.54. The summed E-state index contributed by atoms with van der Waals surface area (Å²) in [5, 5.41) is 0. The largest absolute Gasteiger partial charge is 0.496 e. The summed E-state index contributed by atoms with van der Waals surface area (Å²) in [6.45, 7) is 4.84.